The lowest BCUT2D eigenvalue weighted by Gasteiger charge is -2.33. The van der Waals surface area contributed by atoms with Gasteiger partial charge in [0.25, 0.3) is 0 Å². The number of carboxylic acids is 1. The van der Waals surface area contributed by atoms with Gasteiger partial charge >= 0.3 is 12.1 Å². The average molecular weight is 407 g/mol. The normalized spacial score (nSPS) is 26.9. The second-order valence-electron chi connectivity index (χ2n) is 8.66. The SMILES string of the molecule is COc1ccc(C2O[C@](C)(C(=O)O)[C@H](C3CC3)N2C(=O)OC(C)(C)C)c(OC)c1. The van der Waals surface area contributed by atoms with Crippen molar-refractivity contribution < 1.29 is 33.6 Å². The number of hydrogen-bond donors (Lipinski definition) is 1. The molecular formula is C21H29NO7. The zero-order valence-corrected chi connectivity index (χ0v) is 17.7. The molecule has 1 aromatic carbocycles. The first-order valence-electron chi connectivity index (χ1n) is 9.66. The summed E-state index contributed by atoms with van der Waals surface area (Å²) in [7, 11) is 3.04. The van der Waals surface area contributed by atoms with E-state index in [0.29, 0.717) is 17.1 Å². The van der Waals surface area contributed by atoms with E-state index < -0.39 is 35.5 Å². The second-order valence-corrected chi connectivity index (χ2v) is 8.66. The molecule has 1 aliphatic heterocycles. The number of nitrogens with zero attached hydrogens (tertiary/aromatic N) is 1. The lowest BCUT2D eigenvalue weighted by atomic mass is 9.92. The lowest BCUT2D eigenvalue weighted by molar-refractivity contribution is -0.164. The minimum Gasteiger partial charge on any atom is -0.497 e. The summed E-state index contributed by atoms with van der Waals surface area (Å²) in [6.07, 6.45) is 0.102. The molecule has 0 radical (unpaired) electrons. The third-order valence-electron chi connectivity index (χ3n) is 5.28. The number of carboxylic acid groups (broad SMARTS) is 1. The first kappa shape index (κ1) is 21.2. The molecule has 1 aliphatic carbocycles. The molecule has 1 aromatic rings. The molecule has 1 N–H and O–H groups in total. The Labute approximate surface area is 170 Å². The third-order valence-corrected chi connectivity index (χ3v) is 5.28. The number of rotatable bonds is 5. The fourth-order valence-corrected chi connectivity index (χ4v) is 3.80. The molecule has 1 amide bonds. The Morgan fingerprint density at radius 3 is 2.34 bits per heavy atom. The average Bonchev–Trinajstić information content (AvgIpc) is 3.42. The molecular weight excluding hydrogens is 378 g/mol. The molecule has 0 spiro atoms. The molecule has 3 atom stereocenters. The molecule has 2 aliphatic rings. The van der Waals surface area contributed by atoms with Crippen molar-refractivity contribution in [2.75, 3.05) is 14.2 Å². The molecule has 2 fully saturated rings. The van der Waals surface area contributed by atoms with E-state index in [1.54, 1.807) is 39.0 Å². The van der Waals surface area contributed by atoms with Crippen LogP contribution in [0.2, 0.25) is 0 Å². The number of carbonyl (C=O) groups excluding carboxylic acids is 1. The summed E-state index contributed by atoms with van der Waals surface area (Å²) in [6, 6.07) is 4.47. The first-order chi connectivity index (χ1) is 13.5. The standard InChI is InChI=1S/C21H29NO7/c1-20(2,3)29-19(25)22-16(12-7-8-12)21(4,18(23)24)28-17(22)14-10-9-13(26-5)11-15(14)27-6/h9-12,16-17H,7-8H2,1-6H3,(H,23,24)/t16-,17?,21-/m0/s1. The summed E-state index contributed by atoms with van der Waals surface area (Å²) in [5, 5.41) is 9.97. The molecule has 3 rings (SSSR count). The smallest absolute Gasteiger partial charge is 0.413 e. The summed E-state index contributed by atoms with van der Waals surface area (Å²) in [5.74, 6) is -0.0601. The number of amides is 1. The molecule has 1 saturated carbocycles. The van der Waals surface area contributed by atoms with Gasteiger partial charge in [-0.25, -0.2) is 9.59 Å². The van der Waals surface area contributed by atoms with Crippen LogP contribution in [0.1, 0.15) is 52.3 Å². The predicted molar refractivity (Wildman–Crippen MR) is 104 cm³/mol. The predicted octanol–water partition coefficient (Wildman–Crippen LogP) is 3.59. The van der Waals surface area contributed by atoms with Gasteiger partial charge in [0.1, 0.15) is 17.1 Å². The summed E-state index contributed by atoms with van der Waals surface area (Å²) in [4.78, 5) is 26.8. The summed E-state index contributed by atoms with van der Waals surface area (Å²) in [6.45, 7) is 6.83. The van der Waals surface area contributed by atoms with Crippen LogP contribution in [0.15, 0.2) is 18.2 Å². The van der Waals surface area contributed by atoms with Crippen LogP contribution < -0.4 is 9.47 Å². The van der Waals surface area contributed by atoms with E-state index in [9.17, 15) is 14.7 Å². The molecule has 1 heterocycles. The topological polar surface area (TPSA) is 94.5 Å². The van der Waals surface area contributed by atoms with Gasteiger partial charge in [-0.2, -0.15) is 0 Å². The number of carbonyl (C=O) groups is 2. The number of hydrogen-bond acceptors (Lipinski definition) is 6. The molecule has 29 heavy (non-hydrogen) atoms. The molecule has 0 aromatic heterocycles. The molecule has 1 saturated heterocycles. The van der Waals surface area contributed by atoms with Gasteiger partial charge in [-0.05, 0) is 58.6 Å². The van der Waals surface area contributed by atoms with Gasteiger partial charge < -0.3 is 24.1 Å². The Kier molecular flexibility index (Phi) is 5.42. The van der Waals surface area contributed by atoms with Gasteiger partial charge in [0.15, 0.2) is 11.8 Å². The van der Waals surface area contributed by atoms with E-state index in [1.165, 1.54) is 26.0 Å². The summed E-state index contributed by atoms with van der Waals surface area (Å²) in [5.41, 5.74) is -1.76. The zero-order chi connectivity index (χ0) is 21.6. The highest BCUT2D eigenvalue weighted by Gasteiger charge is 2.63. The van der Waals surface area contributed by atoms with Crippen molar-refractivity contribution in [3.63, 3.8) is 0 Å². The van der Waals surface area contributed by atoms with E-state index in [1.807, 2.05) is 0 Å². The number of ether oxygens (including phenoxy) is 4. The van der Waals surface area contributed by atoms with Crippen LogP contribution in [-0.4, -0.2) is 53.5 Å². The van der Waals surface area contributed by atoms with Crippen molar-refractivity contribution in [1.82, 2.24) is 4.90 Å². The Balaban J connectivity index is 2.10. The van der Waals surface area contributed by atoms with Crippen molar-refractivity contribution >= 4 is 12.1 Å². The van der Waals surface area contributed by atoms with Crippen LogP contribution in [0.3, 0.4) is 0 Å². The third kappa shape index (κ3) is 3.99. The number of benzene rings is 1. The van der Waals surface area contributed by atoms with Crippen LogP contribution in [0.25, 0.3) is 0 Å². The maximum absolute atomic E-state index is 13.2. The first-order valence-corrected chi connectivity index (χ1v) is 9.66. The number of methoxy groups -OCH3 is 2. The molecule has 8 heteroatoms. The van der Waals surface area contributed by atoms with Gasteiger partial charge in [0, 0.05) is 11.6 Å². The summed E-state index contributed by atoms with van der Waals surface area (Å²) >= 11 is 0. The monoisotopic (exact) mass is 407 g/mol. The molecule has 0 bridgehead atoms. The van der Waals surface area contributed by atoms with Crippen LogP contribution in [0.5, 0.6) is 11.5 Å². The Bertz CT molecular complexity index is 799. The van der Waals surface area contributed by atoms with E-state index >= 15 is 0 Å². The van der Waals surface area contributed by atoms with Crippen LogP contribution in [0.4, 0.5) is 4.79 Å². The van der Waals surface area contributed by atoms with E-state index in [2.05, 4.69) is 0 Å². The van der Waals surface area contributed by atoms with Crippen LogP contribution in [-0.2, 0) is 14.3 Å². The van der Waals surface area contributed by atoms with E-state index in [4.69, 9.17) is 18.9 Å². The van der Waals surface area contributed by atoms with Crippen LogP contribution >= 0.6 is 0 Å². The Morgan fingerprint density at radius 2 is 1.86 bits per heavy atom. The Morgan fingerprint density at radius 1 is 1.21 bits per heavy atom. The maximum atomic E-state index is 13.2. The highest BCUT2D eigenvalue weighted by molar-refractivity contribution is 5.81. The van der Waals surface area contributed by atoms with Gasteiger partial charge in [-0.1, -0.05) is 0 Å². The van der Waals surface area contributed by atoms with Crippen LogP contribution in [0, 0.1) is 5.92 Å². The van der Waals surface area contributed by atoms with E-state index in [0.717, 1.165) is 12.8 Å². The van der Waals surface area contributed by atoms with Crippen molar-refractivity contribution in [2.45, 2.75) is 64.0 Å². The number of aliphatic carboxylic acids is 1. The lowest BCUT2D eigenvalue weighted by Crippen LogP contribution is -2.52. The second kappa shape index (κ2) is 7.40. The van der Waals surface area contributed by atoms with Crippen molar-refractivity contribution in [3.05, 3.63) is 23.8 Å². The van der Waals surface area contributed by atoms with Gasteiger partial charge in [-0.15, -0.1) is 0 Å². The maximum Gasteiger partial charge on any atom is 0.413 e. The van der Waals surface area contributed by atoms with Crippen molar-refractivity contribution in [3.8, 4) is 11.5 Å². The largest absolute Gasteiger partial charge is 0.497 e. The fourth-order valence-electron chi connectivity index (χ4n) is 3.80. The van der Waals surface area contributed by atoms with Crippen molar-refractivity contribution in [2.24, 2.45) is 5.92 Å². The zero-order valence-electron chi connectivity index (χ0n) is 17.7. The fraction of sp³-hybridized carbons (Fsp3) is 0.619. The molecule has 8 nitrogen and oxygen atoms in total. The van der Waals surface area contributed by atoms with Gasteiger partial charge in [0.05, 0.1) is 20.3 Å². The highest BCUT2D eigenvalue weighted by atomic mass is 16.6. The van der Waals surface area contributed by atoms with Gasteiger partial charge in [0.2, 0.25) is 0 Å². The summed E-state index contributed by atoms with van der Waals surface area (Å²) < 4.78 is 22.4. The minimum atomic E-state index is -1.56. The Hall–Kier alpha value is -2.48. The quantitative estimate of drug-likeness (QED) is 0.797. The molecule has 1 unspecified atom stereocenters. The van der Waals surface area contributed by atoms with E-state index in [-0.39, 0.29) is 5.92 Å². The van der Waals surface area contributed by atoms with Gasteiger partial charge in [-0.3, -0.25) is 4.90 Å². The highest BCUT2D eigenvalue weighted by Crippen LogP contribution is 2.52. The minimum absolute atomic E-state index is 0.0397. The molecule has 160 valence electrons. The van der Waals surface area contributed by atoms with Crippen molar-refractivity contribution in [1.29, 1.82) is 0 Å².